The van der Waals surface area contributed by atoms with Crippen LogP contribution in [0.2, 0.25) is 0 Å². The quantitative estimate of drug-likeness (QED) is 0.842. The molecule has 1 N–H and O–H groups in total. The van der Waals surface area contributed by atoms with Gasteiger partial charge in [0.15, 0.2) is 0 Å². The summed E-state index contributed by atoms with van der Waals surface area (Å²) in [7, 11) is 0. The van der Waals surface area contributed by atoms with Crippen molar-refractivity contribution in [3.63, 3.8) is 0 Å². The standard InChI is InChI=1S/C14H13NO2S2/c1-2-18-10-6-5-7-11(13(10)14(16)17)19-12-8-3-4-9-15-12/h3-9H,2H2,1H3,(H,16,17). The maximum absolute atomic E-state index is 11.5. The van der Waals surface area contributed by atoms with E-state index in [0.717, 1.165) is 20.6 Å². The van der Waals surface area contributed by atoms with Crippen LogP contribution in [0, 0.1) is 0 Å². The van der Waals surface area contributed by atoms with Crippen molar-refractivity contribution in [3.8, 4) is 0 Å². The summed E-state index contributed by atoms with van der Waals surface area (Å²) in [6.45, 7) is 2.01. The zero-order chi connectivity index (χ0) is 13.7. The molecule has 1 aromatic carbocycles. The van der Waals surface area contributed by atoms with E-state index in [1.54, 1.807) is 18.0 Å². The normalized spacial score (nSPS) is 10.4. The highest BCUT2D eigenvalue weighted by atomic mass is 32.2. The molecule has 98 valence electrons. The van der Waals surface area contributed by atoms with Crippen LogP contribution in [0.25, 0.3) is 0 Å². The first-order valence-corrected chi connectivity index (χ1v) is 7.60. The lowest BCUT2D eigenvalue weighted by Crippen LogP contribution is -2.01. The number of carboxylic acids is 1. The van der Waals surface area contributed by atoms with Crippen molar-refractivity contribution in [2.45, 2.75) is 21.7 Å². The Morgan fingerprint density at radius 3 is 2.63 bits per heavy atom. The zero-order valence-corrected chi connectivity index (χ0v) is 12.0. The Hall–Kier alpha value is -1.46. The first kappa shape index (κ1) is 14.0. The fraction of sp³-hybridized carbons (Fsp3) is 0.143. The minimum atomic E-state index is -0.894. The van der Waals surface area contributed by atoms with Crippen LogP contribution < -0.4 is 0 Å². The highest BCUT2D eigenvalue weighted by Crippen LogP contribution is 2.34. The van der Waals surface area contributed by atoms with Gasteiger partial charge in [0.05, 0.1) is 5.56 Å². The molecule has 0 unspecified atom stereocenters. The van der Waals surface area contributed by atoms with E-state index in [9.17, 15) is 9.90 Å². The second-order valence-electron chi connectivity index (χ2n) is 3.64. The van der Waals surface area contributed by atoms with E-state index < -0.39 is 5.97 Å². The van der Waals surface area contributed by atoms with Crippen LogP contribution in [0.1, 0.15) is 17.3 Å². The van der Waals surface area contributed by atoms with Gasteiger partial charge in [-0.3, -0.25) is 0 Å². The molecule has 3 nitrogen and oxygen atoms in total. The van der Waals surface area contributed by atoms with E-state index in [2.05, 4.69) is 4.98 Å². The Balaban J connectivity index is 2.39. The van der Waals surface area contributed by atoms with Crippen LogP contribution >= 0.6 is 23.5 Å². The van der Waals surface area contributed by atoms with Gasteiger partial charge in [-0.15, -0.1) is 11.8 Å². The SMILES string of the molecule is CCSc1cccc(Sc2ccccn2)c1C(=O)O. The van der Waals surface area contributed by atoms with Crippen molar-refractivity contribution in [2.75, 3.05) is 5.75 Å². The molecule has 0 aliphatic carbocycles. The summed E-state index contributed by atoms with van der Waals surface area (Å²) in [6, 6.07) is 11.2. The highest BCUT2D eigenvalue weighted by Gasteiger charge is 2.16. The van der Waals surface area contributed by atoms with E-state index in [1.165, 1.54) is 11.8 Å². The van der Waals surface area contributed by atoms with Gasteiger partial charge in [-0.05, 0) is 30.0 Å². The Labute approximate surface area is 120 Å². The lowest BCUT2D eigenvalue weighted by Gasteiger charge is -2.09. The molecule has 2 aromatic rings. The summed E-state index contributed by atoms with van der Waals surface area (Å²) >= 11 is 2.92. The Bertz CT molecular complexity index is 573. The Morgan fingerprint density at radius 1 is 1.21 bits per heavy atom. The lowest BCUT2D eigenvalue weighted by atomic mass is 10.2. The third kappa shape index (κ3) is 3.52. The molecule has 0 aliphatic heterocycles. The van der Waals surface area contributed by atoms with Crippen molar-refractivity contribution in [2.24, 2.45) is 0 Å². The number of carboxylic acid groups (broad SMARTS) is 1. The molecule has 0 amide bonds. The molecule has 19 heavy (non-hydrogen) atoms. The van der Waals surface area contributed by atoms with Crippen molar-refractivity contribution in [3.05, 3.63) is 48.2 Å². The number of rotatable bonds is 5. The maximum Gasteiger partial charge on any atom is 0.337 e. The topological polar surface area (TPSA) is 50.2 Å². The molecular formula is C14H13NO2S2. The number of hydrogen-bond donors (Lipinski definition) is 1. The molecule has 0 fully saturated rings. The van der Waals surface area contributed by atoms with Gasteiger partial charge in [-0.2, -0.15) is 0 Å². The number of nitrogens with zero attached hydrogens (tertiary/aromatic N) is 1. The van der Waals surface area contributed by atoms with Crippen LogP contribution in [0.4, 0.5) is 0 Å². The van der Waals surface area contributed by atoms with Crippen LogP contribution in [-0.4, -0.2) is 21.8 Å². The summed E-state index contributed by atoms with van der Waals surface area (Å²) in [5.74, 6) is -0.0483. The predicted molar refractivity (Wildman–Crippen MR) is 78.2 cm³/mol. The largest absolute Gasteiger partial charge is 0.478 e. The summed E-state index contributed by atoms with van der Waals surface area (Å²) in [5.41, 5.74) is 0.366. The molecule has 0 radical (unpaired) electrons. The average molecular weight is 291 g/mol. The number of hydrogen-bond acceptors (Lipinski definition) is 4. The second kappa shape index (κ2) is 6.63. The van der Waals surface area contributed by atoms with Gasteiger partial charge < -0.3 is 5.11 Å². The van der Waals surface area contributed by atoms with Crippen molar-refractivity contribution < 1.29 is 9.90 Å². The van der Waals surface area contributed by atoms with E-state index in [-0.39, 0.29) is 0 Å². The number of aromatic carboxylic acids is 1. The van der Waals surface area contributed by atoms with Crippen LogP contribution in [0.5, 0.6) is 0 Å². The fourth-order valence-corrected chi connectivity index (χ4v) is 3.43. The van der Waals surface area contributed by atoms with Crippen molar-refractivity contribution >= 4 is 29.5 Å². The summed E-state index contributed by atoms with van der Waals surface area (Å²) in [5, 5.41) is 10.2. The average Bonchev–Trinajstić information content (AvgIpc) is 2.40. The van der Waals surface area contributed by atoms with E-state index in [4.69, 9.17) is 0 Å². The van der Waals surface area contributed by atoms with Gasteiger partial charge in [-0.25, -0.2) is 9.78 Å². The minimum absolute atomic E-state index is 0.366. The molecule has 0 aliphatic rings. The third-order valence-electron chi connectivity index (χ3n) is 2.35. The summed E-state index contributed by atoms with van der Waals surface area (Å²) in [4.78, 5) is 17.2. The van der Waals surface area contributed by atoms with E-state index in [1.807, 2.05) is 43.3 Å². The van der Waals surface area contributed by atoms with Crippen LogP contribution in [0.15, 0.2) is 57.4 Å². The first-order chi connectivity index (χ1) is 9.22. The fourth-order valence-electron chi connectivity index (χ4n) is 1.60. The zero-order valence-electron chi connectivity index (χ0n) is 10.4. The molecule has 1 heterocycles. The van der Waals surface area contributed by atoms with Crippen molar-refractivity contribution in [1.82, 2.24) is 4.98 Å². The smallest absolute Gasteiger partial charge is 0.337 e. The molecule has 5 heteroatoms. The number of thioether (sulfide) groups is 1. The van der Waals surface area contributed by atoms with Crippen molar-refractivity contribution in [1.29, 1.82) is 0 Å². The lowest BCUT2D eigenvalue weighted by molar-refractivity contribution is 0.0689. The van der Waals surface area contributed by atoms with Crippen LogP contribution in [-0.2, 0) is 0 Å². The Morgan fingerprint density at radius 2 is 2.00 bits per heavy atom. The summed E-state index contributed by atoms with van der Waals surface area (Å²) < 4.78 is 0. The molecule has 0 saturated heterocycles. The van der Waals surface area contributed by atoms with Crippen LogP contribution in [0.3, 0.4) is 0 Å². The number of aromatic nitrogens is 1. The molecule has 0 bridgehead atoms. The molecule has 0 spiro atoms. The molecule has 1 aromatic heterocycles. The number of benzene rings is 1. The minimum Gasteiger partial charge on any atom is -0.478 e. The third-order valence-corrected chi connectivity index (χ3v) is 4.30. The first-order valence-electron chi connectivity index (χ1n) is 5.80. The van der Waals surface area contributed by atoms with E-state index >= 15 is 0 Å². The number of carbonyl (C=O) groups is 1. The van der Waals surface area contributed by atoms with Gasteiger partial charge in [0.25, 0.3) is 0 Å². The molecule has 2 rings (SSSR count). The van der Waals surface area contributed by atoms with E-state index in [0.29, 0.717) is 5.56 Å². The van der Waals surface area contributed by atoms with Gasteiger partial charge in [0.2, 0.25) is 0 Å². The Kier molecular flexibility index (Phi) is 4.87. The van der Waals surface area contributed by atoms with Gasteiger partial charge in [0, 0.05) is 16.0 Å². The summed E-state index contributed by atoms with van der Waals surface area (Å²) in [6.07, 6.45) is 1.70. The van der Waals surface area contributed by atoms with Gasteiger partial charge >= 0.3 is 5.97 Å². The second-order valence-corrected chi connectivity index (χ2v) is 6.01. The molecule has 0 atom stereocenters. The maximum atomic E-state index is 11.5. The number of pyridine rings is 1. The molecule has 0 saturated carbocycles. The molecular weight excluding hydrogens is 278 g/mol. The predicted octanol–water partition coefficient (Wildman–Crippen LogP) is 4.04. The van der Waals surface area contributed by atoms with Gasteiger partial charge in [0.1, 0.15) is 5.03 Å². The van der Waals surface area contributed by atoms with Gasteiger partial charge in [-0.1, -0.05) is 30.8 Å². The monoisotopic (exact) mass is 291 g/mol. The highest BCUT2D eigenvalue weighted by molar-refractivity contribution is 8.00.